The van der Waals surface area contributed by atoms with E-state index in [2.05, 4.69) is 21.0 Å². The van der Waals surface area contributed by atoms with Crippen molar-refractivity contribution < 1.29 is 19.4 Å². The Kier molecular flexibility index (Phi) is 7.94. The Labute approximate surface area is 241 Å². The summed E-state index contributed by atoms with van der Waals surface area (Å²) in [6, 6.07) is 7.76. The van der Waals surface area contributed by atoms with Crippen LogP contribution in [-0.2, 0) is 16.0 Å². The fraction of sp³-hybridized carbons (Fsp3) is 0.367. The molecule has 1 aliphatic rings. The van der Waals surface area contributed by atoms with E-state index in [1.807, 2.05) is 24.0 Å². The fourth-order valence-corrected chi connectivity index (χ4v) is 6.09. The molecule has 1 fully saturated rings. The third kappa shape index (κ3) is 5.60. The Hall–Kier alpha value is -4.43. The summed E-state index contributed by atoms with van der Waals surface area (Å²) in [5, 5.41) is 20.2. The molecule has 0 aliphatic carbocycles. The molecular weight excluding hydrogens is 540 g/mol. The van der Waals surface area contributed by atoms with Crippen molar-refractivity contribution in [3.63, 3.8) is 0 Å². The third-order valence-electron chi connectivity index (χ3n) is 7.55. The number of hydrogen-bond acceptors (Lipinski definition) is 10. The van der Waals surface area contributed by atoms with Gasteiger partial charge in [0, 0.05) is 49.2 Å². The summed E-state index contributed by atoms with van der Waals surface area (Å²) in [4.78, 5) is 44.5. The van der Waals surface area contributed by atoms with Gasteiger partial charge < -0.3 is 14.7 Å². The summed E-state index contributed by atoms with van der Waals surface area (Å²) < 4.78 is 6.26. The minimum absolute atomic E-state index is 0.135. The maximum absolute atomic E-state index is 12.4. The summed E-state index contributed by atoms with van der Waals surface area (Å²) in [7, 11) is 1.51. The zero-order chi connectivity index (χ0) is 29.1. The van der Waals surface area contributed by atoms with Gasteiger partial charge in [0.05, 0.1) is 34.9 Å². The van der Waals surface area contributed by atoms with Crippen LogP contribution in [0.25, 0.3) is 32.6 Å². The molecule has 4 heterocycles. The smallest absolute Gasteiger partial charge is 0.309 e. The van der Waals surface area contributed by atoms with Crippen LogP contribution in [0.4, 0.5) is 5.95 Å². The average molecular weight is 571 g/mol. The number of methoxy groups -OCH3 is 1. The van der Waals surface area contributed by atoms with E-state index in [0.717, 1.165) is 22.2 Å². The van der Waals surface area contributed by atoms with Crippen LogP contribution in [0.1, 0.15) is 50.1 Å². The van der Waals surface area contributed by atoms with Gasteiger partial charge in [0.1, 0.15) is 28.2 Å². The highest BCUT2D eigenvalue weighted by atomic mass is 32.1. The van der Waals surface area contributed by atoms with Crippen LogP contribution < -0.4 is 9.64 Å². The first kappa shape index (κ1) is 28.1. The molecule has 210 valence electrons. The van der Waals surface area contributed by atoms with E-state index < -0.39 is 11.4 Å². The molecule has 0 amide bonds. The summed E-state index contributed by atoms with van der Waals surface area (Å²) >= 11 is 1.43. The second-order valence-corrected chi connectivity index (χ2v) is 11.5. The molecule has 41 heavy (non-hydrogen) atoms. The van der Waals surface area contributed by atoms with Crippen molar-refractivity contribution in [3.05, 3.63) is 47.4 Å². The van der Waals surface area contributed by atoms with Crippen molar-refractivity contribution in [2.24, 2.45) is 5.41 Å². The van der Waals surface area contributed by atoms with Gasteiger partial charge in [-0.25, -0.2) is 15.0 Å². The molecule has 11 heteroatoms. The van der Waals surface area contributed by atoms with Crippen molar-refractivity contribution in [2.45, 2.75) is 46.0 Å². The Balaban J connectivity index is 1.54. The SMILES string of the molecule is CCCC(=O)Cc1nc2cc(-c3cnc(N4CCC(C)(C(=O)O)CC4)nc3)cc(-c3nccc(OC)c3C#N)c2s1. The first-order valence-corrected chi connectivity index (χ1v) is 14.3. The lowest BCUT2D eigenvalue weighted by Crippen LogP contribution is -2.43. The Morgan fingerprint density at radius 2 is 1.90 bits per heavy atom. The van der Waals surface area contributed by atoms with Crippen LogP contribution >= 0.6 is 11.3 Å². The predicted octanol–water partition coefficient (Wildman–Crippen LogP) is 5.30. The number of nitrogens with zero attached hydrogens (tertiary/aromatic N) is 6. The van der Waals surface area contributed by atoms with Crippen LogP contribution in [-0.4, -0.2) is 57.0 Å². The van der Waals surface area contributed by atoms with Crippen molar-refractivity contribution in [1.29, 1.82) is 5.26 Å². The van der Waals surface area contributed by atoms with Gasteiger partial charge in [-0.1, -0.05) is 6.92 Å². The van der Waals surface area contributed by atoms with Gasteiger partial charge in [0.2, 0.25) is 5.95 Å². The lowest BCUT2D eigenvalue weighted by molar-refractivity contribution is -0.149. The summed E-state index contributed by atoms with van der Waals surface area (Å²) in [6.07, 6.45) is 7.66. The van der Waals surface area contributed by atoms with Crippen LogP contribution in [0.2, 0.25) is 0 Å². The lowest BCUT2D eigenvalue weighted by Gasteiger charge is -2.36. The highest BCUT2D eigenvalue weighted by Crippen LogP contribution is 2.39. The number of anilines is 1. The number of aromatic nitrogens is 4. The second-order valence-electron chi connectivity index (χ2n) is 10.4. The Morgan fingerprint density at radius 3 is 2.54 bits per heavy atom. The third-order valence-corrected chi connectivity index (χ3v) is 8.65. The molecule has 1 aromatic carbocycles. The first-order chi connectivity index (χ1) is 19.8. The van der Waals surface area contributed by atoms with Crippen LogP contribution in [0, 0.1) is 16.7 Å². The highest BCUT2D eigenvalue weighted by Gasteiger charge is 2.37. The number of benzene rings is 1. The maximum Gasteiger partial charge on any atom is 0.309 e. The molecule has 5 rings (SSSR count). The van der Waals surface area contributed by atoms with E-state index in [1.54, 1.807) is 31.6 Å². The van der Waals surface area contributed by atoms with Crippen LogP contribution in [0.5, 0.6) is 5.75 Å². The number of carbonyl (C=O) groups excluding carboxylic acids is 1. The number of carboxylic acid groups (broad SMARTS) is 1. The molecule has 10 nitrogen and oxygen atoms in total. The molecule has 1 aliphatic heterocycles. The number of piperidine rings is 1. The molecule has 0 unspecified atom stereocenters. The number of fused-ring (bicyclic) bond motifs is 1. The number of hydrogen-bond donors (Lipinski definition) is 1. The molecule has 4 aromatic rings. The number of nitriles is 1. The topological polar surface area (TPSA) is 142 Å². The number of pyridine rings is 1. The van der Waals surface area contributed by atoms with Gasteiger partial charge in [-0.15, -0.1) is 11.3 Å². The van der Waals surface area contributed by atoms with Gasteiger partial charge >= 0.3 is 5.97 Å². The predicted molar refractivity (Wildman–Crippen MR) is 156 cm³/mol. The number of thiazole rings is 1. The number of ketones is 1. The number of aliphatic carboxylic acids is 1. The zero-order valence-electron chi connectivity index (χ0n) is 23.2. The largest absolute Gasteiger partial charge is 0.495 e. The average Bonchev–Trinajstić information content (AvgIpc) is 3.39. The second kappa shape index (κ2) is 11.6. The Morgan fingerprint density at radius 1 is 1.17 bits per heavy atom. The van der Waals surface area contributed by atoms with Crippen molar-refractivity contribution in [2.75, 3.05) is 25.1 Å². The van der Waals surface area contributed by atoms with E-state index >= 15 is 0 Å². The summed E-state index contributed by atoms with van der Waals surface area (Å²) in [6.45, 7) is 4.89. The molecule has 0 radical (unpaired) electrons. The normalized spacial score (nSPS) is 14.5. The van der Waals surface area contributed by atoms with Gasteiger partial charge in [-0.05, 0) is 49.9 Å². The number of carbonyl (C=O) groups is 2. The van der Waals surface area contributed by atoms with Gasteiger partial charge in [-0.2, -0.15) is 5.26 Å². The maximum atomic E-state index is 12.4. The van der Waals surface area contributed by atoms with E-state index in [4.69, 9.17) is 9.72 Å². The minimum atomic E-state index is -0.773. The molecule has 1 saturated heterocycles. The molecule has 1 N–H and O–H groups in total. The van der Waals surface area contributed by atoms with E-state index in [0.29, 0.717) is 71.4 Å². The number of carboxylic acids is 1. The monoisotopic (exact) mass is 570 g/mol. The minimum Gasteiger partial charge on any atom is -0.495 e. The molecule has 0 saturated carbocycles. The van der Waals surface area contributed by atoms with Crippen molar-refractivity contribution >= 4 is 39.3 Å². The standard InChI is InChI=1S/C30H30N6O4S/c1-4-5-20(37)14-25-35-23-13-18(12-21(27(23)41-25)26-22(15-31)24(40-3)6-9-32-26)19-16-33-29(34-17-19)36-10-7-30(2,8-11-36)28(38)39/h6,9,12-13,16-17H,4-5,7-8,10-11,14H2,1-3H3,(H,38,39). The number of ether oxygens (including phenoxy) is 1. The number of Topliss-reactive ketones (excluding diaryl/α,β-unsaturated/α-hetero) is 1. The quantitative estimate of drug-likeness (QED) is 0.282. The van der Waals surface area contributed by atoms with Crippen molar-refractivity contribution in [3.8, 4) is 34.2 Å². The molecule has 0 spiro atoms. The molecule has 0 bridgehead atoms. The van der Waals surface area contributed by atoms with Gasteiger partial charge in [-0.3, -0.25) is 14.6 Å². The summed E-state index contributed by atoms with van der Waals surface area (Å²) in [5.74, 6) is 0.335. The number of rotatable bonds is 9. The van der Waals surface area contributed by atoms with Crippen LogP contribution in [0.3, 0.4) is 0 Å². The highest BCUT2D eigenvalue weighted by molar-refractivity contribution is 7.19. The molecule has 0 atom stereocenters. The van der Waals surface area contributed by atoms with E-state index in [1.165, 1.54) is 18.4 Å². The summed E-state index contributed by atoms with van der Waals surface area (Å²) in [5.41, 5.74) is 3.02. The molecule has 3 aromatic heterocycles. The first-order valence-electron chi connectivity index (χ1n) is 13.5. The van der Waals surface area contributed by atoms with E-state index in [9.17, 15) is 20.0 Å². The molecular formula is C30H30N6O4S. The lowest BCUT2D eigenvalue weighted by atomic mass is 9.80. The fourth-order valence-electron chi connectivity index (χ4n) is 5.01. The van der Waals surface area contributed by atoms with E-state index in [-0.39, 0.29) is 12.2 Å². The van der Waals surface area contributed by atoms with Gasteiger partial charge in [0.15, 0.2) is 0 Å². The van der Waals surface area contributed by atoms with Gasteiger partial charge in [0.25, 0.3) is 0 Å². The van der Waals surface area contributed by atoms with Crippen LogP contribution in [0.15, 0.2) is 36.8 Å². The Bertz CT molecular complexity index is 1650. The van der Waals surface area contributed by atoms with Crippen molar-refractivity contribution in [1.82, 2.24) is 19.9 Å². The zero-order valence-corrected chi connectivity index (χ0v) is 24.0.